The van der Waals surface area contributed by atoms with Gasteiger partial charge in [0.1, 0.15) is 0 Å². The molecule has 0 aromatic heterocycles. The van der Waals surface area contributed by atoms with E-state index < -0.39 is 11.5 Å². The van der Waals surface area contributed by atoms with E-state index in [0.717, 1.165) is 12.8 Å². The van der Waals surface area contributed by atoms with Crippen LogP contribution in [0.1, 0.15) is 35.7 Å². The summed E-state index contributed by atoms with van der Waals surface area (Å²) in [5.74, 6) is -0.682. The molecule has 0 spiro atoms. The van der Waals surface area contributed by atoms with Crippen LogP contribution in [0.15, 0.2) is 12.1 Å². The summed E-state index contributed by atoms with van der Waals surface area (Å²) in [6, 6.07) is 3.21. The number of carbonyl (C=O) groups excluding carboxylic acids is 2. The van der Waals surface area contributed by atoms with Crippen molar-refractivity contribution in [2.45, 2.75) is 32.2 Å². The number of carbonyl (C=O) groups is 2. The minimum absolute atomic E-state index is 0. The minimum Gasteiger partial charge on any atom is -0.494 e. The molecule has 1 radical (unpaired) electrons. The Kier molecular flexibility index (Phi) is 7.34. The summed E-state index contributed by atoms with van der Waals surface area (Å²) >= 11 is 11.5. The number of hydrogen-bond acceptors (Lipinski definition) is 4. The van der Waals surface area contributed by atoms with Crippen molar-refractivity contribution >= 4 is 42.0 Å². The van der Waals surface area contributed by atoms with Gasteiger partial charge in [-0.2, -0.15) is 0 Å². The van der Waals surface area contributed by atoms with Gasteiger partial charge in [-0.1, -0.05) is 11.6 Å². The molecule has 1 aromatic carbocycles. The molecule has 2 rings (SSSR count). The van der Waals surface area contributed by atoms with E-state index in [4.69, 9.17) is 29.2 Å². The van der Waals surface area contributed by atoms with Gasteiger partial charge in [-0.25, -0.2) is 4.79 Å². The van der Waals surface area contributed by atoms with E-state index in [9.17, 15) is 9.59 Å². The summed E-state index contributed by atoms with van der Waals surface area (Å²) in [4.78, 5) is 24.9. The molecule has 1 fully saturated rings. The summed E-state index contributed by atoms with van der Waals surface area (Å²) in [7, 11) is 3.64. The van der Waals surface area contributed by atoms with Crippen LogP contribution in [0.2, 0.25) is 5.02 Å². The molecule has 1 aromatic rings. The van der Waals surface area contributed by atoms with Crippen molar-refractivity contribution in [2.24, 2.45) is 0 Å². The van der Waals surface area contributed by atoms with Crippen molar-refractivity contribution in [1.29, 1.82) is 0 Å². The molecule has 24 heavy (non-hydrogen) atoms. The monoisotopic (exact) mass is 445 g/mol. The number of likely N-dealkylation sites (N-methyl/N-ethyl adjacent to an activating group) is 1. The second kappa shape index (κ2) is 8.04. The molecule has 8 heteroatoms. The first-order valence-electron chi connectivity index (χ1n) is 7.46. The average molecular weight is 446 g/mol. The van der Waals surface area contributed by atoms with Gasteiger partial charge in [-0.15, -0.1) is 0 Å². The maximum Gasteiger partial charge on any atom is 0.340 e. The number of nitrogens with zero attached hydrogens (tertiary/aromatic N) is 1. The van der Waals surface area contributed by atoms with Crippen molar-refractivity contribution in [2.75, 3.05) is 26.0 Å². The number of anilines is 1. The van der Waals surface area contributed by atoms with Crippen molar-refractivity contribution < 1.29 is 50.9 Å². The van der Waals surface area contributed by atoms with Crippen LogP contribution in [0, 0.1) is 6.92 Å². The van der Waals surface area contributed by atoms with Crippen molar-refractivity contribution in [1.82, 2.24) is 0 Å². The first-order valence-corrected chi connectivity index (χ1v) is 8.20. The molecule has 0 saturated heterocycles. The van der Waals surface area contributed by atoms with Crippen molar-refractivity contribution in [3.8, 4) is 0 Å². The van der Waals surface area contributed by atoms with Gasteiger partial charge >= 0.3 is 5.97 Å². The zero-order valence-electron chi connectivity index (χ0n) is 14.3. The van der Waals surface area contributed by atoms with Gasteiger partial charge < -0.3 is 26.8 Å². The zero-order valence-corrected chi connectivity index (χ0v) is 18.7. The maximum atomic E-state index is 12.7. The Morgan fingerprint density at radius 3 is 2.42 bits per heavy atom. The predicted molar refractivity (Wildman–Crippen MR) is 92.2 cm³/mol. The summed E-state index contributed by atoms with van der Waals surface area (Å²) in [6.45, 7) is 3.76. The van der Waals surface area contributed by atoms with Crippen LogP contribution in [0.25, 0.3) is 0 Å². The van der Waals surface area contributed by atoms with Crippen molar-refractivity contribution in [3.05, 3.63) is 28.3 Å². The third-order valence-corrected chi connectivity index (χ3v) is 4.78. The third-order valence-electron chi connectivity index (χ3n) is 4.21. The van der Waals surface area contributed by atoms with Gasteiger partial charge in [0.05, 0.1) is 32.0 Å². The van der Waals surface area contributed by atoms with Gasteiger partial charge in [0.2, 0.25) is 0 Å². The van der Waals surface area contributed by atoms with Gasteiger partial charge in [-0.3, -0.25) is 4.79 Å². The molecule has 0 aliphatic heterocycles. The average Bonchev–Trinajstić information content (AvgIpc) is 3.22. The zero-order chi connectivity index (χ0) is 17.4. The Hall–Kier alpha value is -0.136. The number of quaternary nitrogens is 1. The Morgan fingerprint density at radius 1 is 1.38 bits per heavy atom. The molecule has 1 amide bonds. The van der Waals surface area contributed by atoms with Crippen LogP contribution in [0.3, 0.4) is 0 Å². The van der Waals surface area contributed by atoms with Gasteiger partial charge in [0.15, 0.2) is 5.54 Å². The van der Waals surface area contributed by atoms with Crippen LogP contribution < -0.4 is 5.32 Å². The van der Waals surface area contributed by atoms with Gasteiger partial charge in [0, 0.05) is 50.6 Å². The fraction of sp³-hybridized carbons (Fsp3) is 0.500. The van der Waals surface area contributed by atoms with Crippen LogP contribution in [-0.2, 0) is 55.1 Å². The Labute approximate surface area is 178 Å². The molecule has 129 valence electrons. The van der Waals surface area contributed by atoms with Gasteiger partial charge in [0.25, 0.3) is 5.91 Å². The SMILES string of the molecule is CCOC(=O)c1cc(Cl)cc(C)c1NC(=O)C1([N+](C)(C)[S-])CC1.[Y]. The summed E-state index contributed by atoms with van der Waals surface area (Å²) in [6.07, 6.45) is 1.47. The van der Waals surface area contributed by atoms with Crippen LogP contribution in [-0.4, -0.2) is 42.0 Å². The van der Waals surface area contributed by atoms with Crippen LogP contribution in [0.5, 0.6) is 0 Å². The second-order valence-corrected chi connectivity index (χ2v) is 7.55. The predicted octanol–water partition coefficient (Wildman–Crippen LogP) is 2.83. The first-order chi connectivity index (χ1) is 10.6. The smallest absolute Gasteiger partial charge is 0.340 e. The van der Waals surface area contributed by atoms with E-state index in [0.29, 0.717) is 16.3 Å². The number of benzene rings is 1. The molecule has 5 nitrogen and oxygen atoms in total. The molecule has 1 N–H and O–H groups in total. The number of hydrogen-bond donors (Lipinski definition) is 1. The largest absolute Gasteiger partial charge is 0.494 e. The van der Waals surface area contributed by atoms with E-state index >= 15 is 0 Å². The van der Waals surface area contributed by atoms with E-state index in [-0.39, 0.29) is 54.7 Å². The Bertz CT molecular complexity index is 657. The van der Waals surface area contributed by atoms with Crippen molar-refractivity contribution in [3.63, 3.8) is 0 Å². The first kappa shape index (κ1) is 21.9. The Morgan fingerprint density at radius 2 is 1.96 bits per heavy atom. The van der Waals surface area contributed by atoms with E-state index in [2.05, 4.69) is 5.32 Å². The topological polar surface area (TPSA) is 55.4 Å². The fourth-order valence-electron chi connectivity index (χ4n) is 2.64. The number of ether oxygens (including phenoxy) is 1. The Balaban J connectivity index is 0.00000288. The number of halogens is 1. The number of nitrogens with one attached hydrogen (secondary N) is 1. The third kappa shape index (κ3) is 4.33. The molecular weight excluding hydrogens is 425 g/mol. The summed E-state index contributed by atoms with van der Waals surface area (Å²) < 4.78 is 5.19. The normalized spacial score (nSPS) is 15.2. The number of rotatable bonds is 5. The minimum atomic E-state index is -0.618. The maximum absolute atomic E-state index is 12.7. The molecular formula is C16H21ClN2O3SY. The number of aryl methyl sites for hydroxylation is 1. The molecule has 1 saturated carbocycles. The second-order valence-electron chi connectivity index (χ2n) is 6.20. The standard InChI is InChI=1S/C16H21ClN2O3S.Y/c1-5-22-14(20)12-9-11(17)8-10(2)13(12)18-15(21)16(6-7-16)19(3,4)23;/h8-9H,5-7H2,1-4H3,(H,18,21);. The van der Waals surface area contributed by atoms with Crippen LogP contribution in [0.4, 0.5) is 5.69 Å². The van der Waals surface area contributed by atoms with E-state index in [1.54, 1.807) is 19.9 Å². The van der Waals surface area contributed by atoms with Gasteiger partial charge in [-0.05, 0) is 31.5 Å². The molecule has 0 bridgehead atoms. The summed E-state index contributed by atoms with van der Waals surface area (Å²) in [5, 5.41) is 3.29. The molecule has 0 heterocycles. The van der Waals surface area contributed by atoms with Crippen LogP contribution >= 0.6 is 11.6 Å². The number of esters is 1. The molecule has 1 aliphatic rings. The quantitative estimate of drug-likeness (QED) is 0.430. The molecule has 1 aliphatic carbocycles. The summed E-state index contributed by atoms with van der Waals surface area (Å²) in [5.41, 5.74) is 0.787. The molecule has 0 atom stereocenters. The molecule has 0 unspecified atom stereocenters. The fourth-order valence-corrected chi connectivity index (χ4v) is 3.18. The van der Waals surface area contributed by atoms with E-state index in [1.807, 2.05) is 14.1 Å². The van der Waals surface area contributed by atoms with E-state index in [1.165, 1.54) is 6.07 Å². The number of amides is 1.